The number of ether oxygens (including phenoxy) is 1. The van der Waals surface area contributed by atoms with Gasteiger partial charge in [-0.05, 0) is 35.9 Å². The highest BCUT2D eigenvalue weighted by molar-refractivity contribution is 5.98. The van der Waals surface area contributed by atoms with Crippen LogP contribution in [0.1, 0.15) is 34.8 Å². The number of nitrogens with one attached hydrogen (secondary N) is 1. The number of pyridine rings is 1. The number of rotatable bonds is 6. The van der Waals surface area contributed by atoms with E-state index < -0.39 is 0 Å². The molecule has 0 spiro atoms. The minimum Gasteiger partial charge on any atom is -0.497 e. The fraction of sp³-hybridized carbons (Fsp3) is 0.350. The molecule has 0 saturated carbocycles. The van der Waals surface area contributed by atoms with Gasteiger partial charge in [-0.25, -0.2) is 0 Å². The van der Waals surface area contributed by atoms with Crippen LogP contribution in [0.5, 0.6) is 5.75 Å². The van der Waals surface area contributed by atoms with Gasteiger partial charge in [-0.2, -0.15) is 0 Å². The number of methoxy groups -OCH3 is 1. The van der Waals surface area contributed by atoms with Crippen molar-refractivity contribution in [3.05, 3.63) is 59.9 Å². The summed E-state index contributed by atoms with van der Waals surface area (Å²) in [5.74, 6) is 0.675. The molecule has 1 aliphatic rings. The Labute approximate surface area is 153 Å². The summed E-state index contributed by atoms with van der Waals surface area (Å²) < 4.78 is 5.10. The van der Waals surface area contributed by atoms with Gasteiger partial charge in [-0.1, -0.05) is 6.07 Å². The molecule has 0 bridgehead atoms. The van der Waals surface area contributed by atoms with Crippen molar-refractivity contribution in [3.8, 4) is 5.75 Å². The molecule has 1 atom stereocenters. The molecular formula is C20H23N3O3. The van der Waals surface area contributed by atoms with E-state index in [1.807, 2.05) is 17.0 Å². The van der Waals surface area contributed by atoms with Gasteiger partial charge in [0.15, 0.2) is 5.78 Å². The topological polar surface area (TPSA) is 71.5 Å². The molecule has 1 aromatic heterocycles. The van der Waals surface area contributed by atoms with Crippen molar-refractivity contribution in [2.24, 2.45) is 0 Å². The maximum Gasteiger partial charge on any atom is 0.223 e. The molecule has 1 aliphatic heterocycles. The molecule has 1 unspecified atom stereocenters. The van der Waals surface area contributed by atoms with E-state index in [0.717, 1.165) is 12.1 Å². The summed E-state index contributed by atoms with van der Waals surface area (Å²) in [5, 5.41) is 3.32. The van der Waals surface area contributed by atoms with Crippen molar-refractivity contribution >= 4 is 11.7 Å². The molecule has 2 heterocycles. The number of piperazine rings is 1. The molecule has 3 rings (SSSR count). The van der Waals surface area contributed by atoms with Crippen LogP contribution in [-0.2, 0) is 4.79 Å². The first kappa shape index (κ1) is 18.1. The van der Waals surface area contributed by atoms with Crippen molar-refractivity contribution in [1.29, 1.82) is 0 Å². The Kier molecular flexibility index (Phi) is 5.96. The number of hydrogen-bond acceptors (Lipinski definition) is 5. The average Bonchev–Trinajstić information content (AvgIpc) is 2.72. The molecule has 1 amide bonds. The third-order valence-electron chi connectivity index (χ3n) is 4.61. The number of carbonyl (C=O) groups excluding carboxylic acids is 2. The summed E-state index contributed by atoms with van der Waals surface area (Å²) in [4.78, 5) is 31.1. The summed E-state index contributed by atoms with van der Waals surface area (Å²) >= 11 is 0. The Morgan fingerprint density at radius 2 is 2.04 bits per heavy atom. The third kappa shape index (κ3) is 4.26. The van der Waals surface area contributed by atoms with Gasteiger partial charge in [-0.15, -0.1) is 0 Å². The van der Waals surface area contributed by atoms with Crippen LogP contribution in [-0.4, -0.2) is 48.3 Å². The van der Waals surface area contributed by atoms with Crippen molar-refractivity contribution in [1.82, 2.24) is 15.2 Å². The van der Waals surface area contributed by atoms with E-state index in [1.165, 1.54) is 0 Å². The Morgan fingerprint density at radius 1 is 1.23 bits per heavy atom. The molecule has 6 nitrogen and oxygen atoms in total. The number of Topliss-reactive ketones (excluding diaryl/α,β-unsaturated/α-hetero) is 1. The summed E-state index contributed by atoms with van der Waals surface area (Å²) in [6, 6.07) is 10.8. The van der Waals surface area contributed by atoms with Crippen LogP contribution in [0.4, 0.5) is 0 Å². The number of amides is 1. The van der Waals surface area contributed by atoms with Gasteiger partial charge >= 0.3 is 0 Å². The second-order valence-electron chi connectivity index (χ2n) is 6.25. The lowest BCUT2D eigenvalue weighted by atomic mass is 10.0. The quantitative estimate of drug-likeness (QED) is 0.807. The van der Waals surface area contributed by atoms with E-state index in [-0.39, 0.29) is 30.6 Å². The maximum atomic E-state index is 12.7. The van der Waals surface area contributed by atoms with Gasteiger partial charge in [0, 0.05) is 50.4 Å². The SMILES string of the molecule is COc1ccc(C(=O)CCC(=O)N2CCNCC2c2cccnc2)cc1. The molecule has 2 aromatic rings. The van der Waals surface area contributed by atoms with Crippen LogP contribution in [0.2, 0.25) is 0 Å². The zero-order valence-corrected chi connectivity index (χ0v) is 14.9. The molecule has 1 fully saturated rings. The number of carbonyl (C=O) groups is 2. The first-order chi connectivity index (χ1) is 12.7. The molecular weight excluding hydrogens is 330 g/mol. The Morgan fingerprint density at radius 3 is 2.73 bits per heavy atom. The monoisotopic (exact) mass is 353 g/mol. The van der Waals surface area contributed by atoms with Crippen molar-refractivity contribution in [2.45, 2.75) is 18.9 Å². The fourth-order valence-electron chi connectivity index (χ4n) is 3.16. The number of nitrogens with zero attached hydrogens (tertiary/aromatic N) is 2. The number of hydrogen-bond donors (Lipinski definition) is 1. The minimum absolute atomic E-state index is 0.00205. The van der Waals surface area contributed by atoms with Crippen LogP contribution in [0.15, 0.2) is 48.8 Å². The zero-order chi connectivity index (χ0) is 18.4. The smallest absolute Gasteiger partial charge is 0.223 e. The van der Waals surface area contributed by atoms with Gasteiger partial charge in [0.25, 0.3) is 0 Å². The standard InChI is InChI=1S/C20H23N3O3/c1-26-17-6-4-15(5-7-17)19(24)8-9-20(25)23-12-11-22-14-18(23)16-3-2-10-21-13-16/h2-7,10,13,18,22H,8-9,11-12,14H2,1H3. The van der Waals surface area contributed by atoms with E-state index in [2.05, 4.69) is 10.3 Å². The van der Waals surface area contributed by atoms with Gasteiger partial charge in [0.05, 0.1) is 13.2 Å². The Bertz CT molecular complexity index is 747. The highest BCUT2D eigenvalue weighted by Crippen LogP contribution is 2.23. The minimum atomic E-state index is -0.0407. The largest absolute Gasteiger partial charge is 0.497 e. The van der Waals surface area contributed by atoms with Crippen LogP contribution < -0.4 is 10.1 Å². The van der Waals surface area contributed by atoms with E-state index in [1.54, 1.807) is 43.8 Å². The lowest BCUT2D eigenvalue weighted by Crippen LogP contribution is -2.48. The lowest BCUT2D eigenvalue weighted by molar-refractivity contribution is -0.134. The van der Waals surface area contributed by atoms with Crippen molar-refractivity contribution in [3.63, 3.8) is 0 Å². The third-order valence-corrected chi connectivity index (χ3v) is 4.61. The summed E-state index contributed by atoms with van der Waals surface area (Å²) in [6.07, 6.45) is 3.93. The molecule has 1 aromatic carbocycles. The molecule has 1 N–H and O–H groups in total. The second-order valence-corrected chi connectivity index (χ2v) is 6.25. The van der Waals surface area contributed by atoms with Gasteiger partial charge < -0.3 is 15.0 Å². The zero-order valence-electron chi connectivity index (χ0n) is 14.9. The highest BCUT2D eigenvalue weighted by Gasteiger charge is 2.28. The Hall–Kier alpha value is -2.73. The van der Waals surface area contributed by atoms with E-state index >= 15 is 0 Å². The molecule has 0 aliphatic carbocycles. The maximum absolute atomic E-state index is 12.7. The molecule has 0 radical (unpaired) electrons. The average molecular weight is 353 g/mol. The molecule has 136 valence electrons. The van der Waals surface area contributed by atoms with E-state index in [0.29, 0.717) is 24.4 Å². The molecule has 6 heteroatoms. The summed E-state index contributed by atoms with van der Waals surface area (Å²) in [5.41, 5.74) is 1.61. The molecule has 26 heavy (non-hydrogen) atoms. The normalized spacial score (nSPS) is 17.0. The van der Waals surface area contributed by atoms with Crippen LogP contribution in [0, 0.1) is 0 Å². The van der Waals surface area contributed by atoms with Gasteiger partial charge in [-0.3, -0.25) is 14.6 Å². The summed E-state index contributed by atoms with van der Waals surface area (Å²) in [6.45, 7) is 2.09. The van der Waals surface area contributed by atoms with Crippen LogP contribution in [0.25, 0.3) is 0 Å². The van der Waals surface area contributed by atoms with Gasteiger partial charge in [0.1, 0.15) is 5.75 Å². The summed E-state index contributed by atoms with van der Waals surface area (Å²) in [7, 11) is 1.58. The highest BCUT2D eigenvalue weighted by atomic mass is 16.5. The predicted octanol–water partition coefficient (Wildman–Crippen LogP) is 2.23. The van der Waals surface area contributed by atoms with Crippen molar-refractivity contribution in [2.75, 3.05) is 26.7 Å². The first-order valence-corrected chi connectivity index (χ1v) is 8.76. The van der Waals surface area contributed by atoms with Crippen LogP contribution >= 0.6 is 0 Å². The fourth-order valence-corrected chi connectivity index (χ4v) is 3.16. The van der Waals surface area contributed by atoms with Crippen LogP contribution in [0.3, 0.4) is 0 Å². The van der Waals surface area contributed by atoms with E-state index in [4.69, 9.17) is 4.74 Å². The Balaban J connectivity index is 1.61. The van der Waals surface area contributed by atoms with Gasteiger partial charge in [0.2, 0.25) is 5.91 Å². The van der Waals surface area contributed by atoms with Crippen molar-refractivity contribution < 1.29 is 14.3 Å². The number of ketones is 1. The lowest BCUT2D eigenvalue weighted by Gasteiger charge is -2.36. The van der Waals surface area contributed by atoms with E-state index in [9.17, 15) is 9.59 Å². The first-order valence-electron chi connectivity index (χ1n) is 8.76. The number of aromatic nitrogens is 1. The molecule has 1 saturated heterocycles. The number of benzene rings is 1. The predicted molar refractivity (Wildman–Crippen MR) is 98.1 cm³/mol. The second kappa shape index (κ2) is 8.58.